The summed E-state index contributed by atoms with van der Waals surface area (Å²) in [6, 6.07) is 9.59. The number of ketones is 1. The fraction of sp³-hybridized carbons (Fsp3) is 0.440. The van der Waals surface area contributed by atoms with Crippen LogP contribution < -0.4 is 14.2 Å². The van der Waals surface area contributed by atoms with Gasteiger partial charge in [-0.25, -0.2) is 0 Å². The Bertz CT molecular complexity index is 974. The number of hydrogen-bond donors (Lipinski definition) is 0. The summed E-state index contributed by atoms with van der Waals surface area (Å²) in [7, 11) is 3.14. The van der Waals surface area contributed by atoms with Gasteiger partial charge in [0.1, 0.15) is 13.2 Å². The van der Waals surface area contributed by atoms with E-state index in [0.717, 1.165) is 54.4 Å². The first-order chi connectivity index (χ1) is 15.1. The van der Waals surface area contributed by atoms with Gasteiger partial charge in [0.05, 0.1) is 20.1 Å². The van der Waals surface area contributed by atoms with Gasteiger partial charge in [-0.1, -0.05) is 31.0 Å². The van der Waals surface area contributed by atoms with Crippen molar-refractivity contribution in [2.24, 2.45) is 5.92 Å². The van der Waals surface area contributed by atoms with Gasteiger partial charge in [0.15, 0.2) is 17.3 Å². The van der Waals surface area contributed by atoms with Crippen LogP contribution in [0.25, 0.3) is 11.1 Å². The molecule has 4 rings (SSSR count). The highest BCUT2D eigenvalue weighted by Crippen LogP contribution is 2.45. The van der Waals surface area contributed by atoms with E-state index in [-0.39, 0.29) is 30.9 Å². The highest BCUT2D eigenvalue weighted by Gasteiger charge is 2.25. The second kappa shape index (κ2) is 9.41. The van der Waals surface area contributed by atoms with E-state index in [0.29, 0.717) is 23.7 Å². The van der Waals surface area contributed by atoms with Crippen molar-refractivity contribution in [3.05, 3.63) is 41.5 Å². The molecule has 1 fully saturated rings. The fourth-order valence-corrected chi connectivity index (χ4v) is 4.46. The third kappa shape index (κ3) is 4.38. The maximum absolute atomic E-state index is 12.2. The Morgan fingerprint density at radius 1 is 0.935 bits per heavy atom. The number of fused-ring (bicyclic) bond motifs is 1. The lowest BCUT2D eigenvalue weighted by Crippen LogP contribution is -2.18. The quantitative estimate of drug-likeness (QED) is 0.455. The molecule has 1 saturated carbocycles. The van der Waals surface area contributed by atoms with Gasteiger partial charge in [0, 0.05) is 17.5 Å². The van der Waals surface area contributed by atoms with Crippen LogP contribution in [0.2, 0.25) is 0 Å². The van der Waals surface area contributed by atoms with E-state index in [1.54, 1.807) is 14.2 Å². The normalized spacial score (nSPS) is 15.6. The van der Waals surface area contributed by atoms with E-state index in [4.69, 9.17) is 18.9 Å². The van der Waals surface area contributed by atoms with Crippen molar-refractivity contribution in [1.82, 2.24) is 0 Å². The van der Waals surface area contributed by atoms with Crippen LogP contribution in [0.15, 0.2) is 30.3 Å². The number of rotatable bonds is 8. The summed E-state index contributed by atoms with van der Waals surface area (Å²) in [4.78, 5) is 24.1. The number of Topliss-reactive ketones (excluding diaryl/α,β-unsaturated/α-hetero) is 1. The van der Waals surface area contributed by atoms with Crippen LogP contribution in [0.5, 0.6) is 17.2 Å². The molecule has 164 valence electrons. The van der Waals surface area contributed by atoms with Crippen molar-refractivity contribution in [3.8, 4) is 28.4 Å². The van der Waals surface area contributed by atoms with Crippen molar-refractivity contribution >= 4 is 11.8 Å². The lowest BCUT2D eigenvalue weighted by Gasteiger charge is -2.18. The van der Waals surface area contributed by atoms with Gasteiger partial charge in [-0.15, -0.1) is 0 Å². The SMILES string of the molecule is COc1ccc(-c2ccc3c(c2)CCC3=O)c(OCCOC(=O)C2CCCC2)c1OC. The van der Waals surface area contributed by atoms with Crippen LogP contribution in [0.1, 0.15) is 48.0 Å². The van der Waals surface area contributed by atoms with Crippen LogP contribution in [0.4, 0.5) is 0 Å². The summed E-state index contributed by atoms with van der Waals surface area (Å²) in [5.41, 5.74) is 3.62. The zero-order valence-corrected chi connectivity index (χ0v) is 18.1. The molecule has 2 aromatic carbocycles. The van der Waals surface area contributed by atoms with E-state index >= 15 is 0 Å². The van der Waals surface area contributed by atoms with Crippen LogP contribution in [-0.4, -0.2) is 39.2 Å². The molecule has 31 heavy (non-hydrogen) atoms. The summed E-state index contributed by atoms with van der Waals surface area (Å²) in [6.07, 6.45) is 5.31. The molecular weight excluding hydrogens is 396 g/mol. The first-order valence-electron chi connectivity index (χ1n) is 10.8. The fourth-order valence-electron chi connectivity index (χ4n) is 4.46. The number of methoxy groups -OCH3 is 2. The minimum absolute atomic E-state index is 0.0241. The molecule has 6 heteroatoms. The Morgan fingerprint density at radius 2 is 1.71 bits per heavy atom. The third-order valence-corrected chi connectivity index (χ3v) is 6.10. The second-order valence-electron chi connectivity index (χ2n) is 7.97. The number of carbonyl (C=O) groups is 2. The van der Waals surface area contributed by atoms with Gasteiger partial charge in [-0.05, 0) is 42.5 Å². The number of carbonyl (C=O) groups excluding carboxylic acids is 2. The lowest BCUT2D eigenvalue weighted by molar-refractivity contribution is -0.149. The lowest BCUT2D eigenvalue weighted by atomic mass is 9.99. The monoisotopic (exact) mass is 424 g/mol. The van der Waals surface area contributed by atoms with Gasteiger partial charge in [-0.2, -0.15) is 0 Å². The zero-order valence-electron chi connectivity index (χ0n) is 18.1. The maximum atomic E-state index is 12.2. The van der Waals surface area contributed by atoms with Gasteiger partial charge in [0.25, 0.3) is 0 Å². The van der Waals surface area contributed by atoms with E-state index in [1.807, 2.05) is 30.3 Å². The molecule has 0 atom stereocenters. The molecule has 0 radical (unpaired) electrons. The smallest absolute Gasteiger partial charge is 0.309 e. The van der Waals surface area contributed by atoms with E-state index in [9.17, 15) is 9.59 Å². The molecule has 0 aliphatic heterocycles. The molecule has 2 aromatic rings. The summed E-state index contributed by atoms with van der Waals surface area (Å²) in [5.74, 6) is 1.65. The summed E-state index contributed by atoms with van der Waals surface area (Å²) in [6.45, 7) is 0.381. The standard InChI is InChI=1S/C25H28O6/c1-28-22-12-10-20(18-7-9-19-17(15-18)8-11-21(19)26)23(24(22)29-2)30-13-14-31-25(27)16-5-3-4-6-16/h7,9-10,12,15-16H,3-6,8,11,13-14H2,1-2H3. The van der Waals surface area contributed by atoms with E-state index in [1.165, 1.54) is 0 Å². The van der Waals surface area contributed by atoms with E-state index in [2.05, 4.69) is 0 Å². The molecule has 0 aromatic heterocycles. The molecule has 0 amide bonds. The van der Waals surface area contributed by atoms with Crippen molar-refractivity contribution in [3.63, 3.8) is 0 Å². The molecule has 0 spiro atoms. The number of hydrogen-bond acceptors (Lipinski definition) is 6. The van der Waals surface area contributed by atoms with Crippen molar-refractivity contribution in [2.75, 3.05) is 27.4 Å². The van der Waals surface area contributed by atoms with Gasteiger partial charge in [-0.3, -0.25) is 9.59 Å². The van der Waals surface area contributed by atoms with Crippen LogP contribution in [-0.2, 0) is 16.0 Å². The number of benzene rings is 2. The highest BCUT2D eigenvalue weighted by atomic mass is 16.6. The van der Waals surface area contributed by atoms with Crippen LogP contribution in [0, 0.1) is 5.92 Å². The zero-order chi connectivity index (χ0) is 21.8. The Balaban J connectivity index is 1.55. The summed E-state index contributed by atoms with van der Waals surface area (Å²) < 4.78 is 22.5. The summed E-state index contributed by atoms with van der Waals surface area (Å²) in [5, 5.41) is 0. The molecule has 6 nitrogen and oxygen atoms in total. The largest absolute Gasteiger partial charge is 0.493 e. The average molecular weight is 424 g/mol. The summed E-state index contributed by atoms with van der Waals surface area (Å²) >= 11 is 0. The molecule has 0 unspecified atom stereocenters. The van der Waals surface area contributed by atoms with Gasteiger partial charge >= 0.3 is 5.97 Å². The average Bonchev–Trinajstić information content (AvgIpc) is 3.46. The van der Waals surface area contributed by atoms with Gasteiger partial charge < -0.3 is 18.9 Å². The van der Waals surface area contributed by atoms with Crippen LogP contribution >= 0.6 is 0 Å². The first kappa shape index (κ1) is 21.2. The first-order valence-corrected chi connectivity index (χ1v) is 10.8. The van der Waals surface area contributed by atoms with Crippen molar-refractivity contribution in [2.45, 2.75) is 38.5 Å². The Kier molecular flexibility index (Phi) is 6.44. The predicted molar refractivity (Wildman–Crippen MR) is 116 cm³/mol. The minimum Gasteiger partial charge on any atom is -0.493 e. The molecular formula is C25H28O6. The highest BCUT2D eigenvalue weighted by molar-refractivity contribution is 6.01. The van der Waals surface area contributed by atoms with Crippen LogP contribution in [0.3, 0.4) is 0 Å². The molecule has 2 aliphatic carbocycles. The number of ether oxygens (including phenoxy) is 4. The Morgan fingerprint density at radius 3 is 2.45 bits per heavy atom. The van der Waals surface area contributed by atoms with Crippen molar-refractivity contribution < 1.29 is 28.5 Å². The molecule has 0 bridgehead atoms. The molecule has 0 saturated heterocycles. The minimum atomic E-state index is -0.137. The molecule has 0 N–H and O–H groups in total. The molecule has 0 heterocycles. The maximum Gasteiger partial charge on any atom is 0.309 e. The van der Waals surface area contributed by atoms with Crippen molar-refractivity contribution in [1.29, 1.82) is 0 Å². The predicted octanol–water partition coefficient (Wildman–Crippen LogP) is 4.61. The Labute approximate surface area is 182 Å². The van der Waals surface area contributed by atoms with Gasteiger partial charge in [0.2, 0.25) is 5.75 Å². The Hall–Kier alpha value is -3.02. The second-order valence-corrected chi connectivity index (χ2v) is 7.97. The number of esters is 1. The third-order valence-electron chi connectivity index (χ3n) is 6.10. The molecule has 2 aliphatic rings. The van der Waals surface area contributed by atoms with E-state index < -0.39 is 0 Å². The topological polar surface area (TPSA) is 71.1 Å². The number of aryl methyl sites for hydroxylation is 1.